The summed E-state index contributed by atoms with van der Waals surface area (Å²) in [7, 11) is 1.65. The summed E-state index contributed by atoms with van der Waals surface area (Å²) in [5.74, 6) is 1.46. The third kappa shape index (κ3) is 2.69. The monoisotopic (exact) mass is 281 g/mol. The molecule has 2 N–H and O–H groups in total. The summed E-state index contributed by atoms with van der Waals surface area (Å²) in [6.45, 7) is 0.549. The second-order valence-electron chi connectivity index (χ2n) is 4.60. The Labute approximate surface area is 122 Å². The van der Waals surface area contributed by atoms with E-state index in [-0.39, 0.29) is 0 Å². The largest absolute Gasteiger partial charge is 0.497 e. The molecule has 0 radical (unpaired) electrons. The highest BCUT2D eigenvalue weighted by atomic mass is 16.5. The lowest BCUT2D eigenvalue weighted by atomic mass is 10.1. The Morgan fingerprint density at radius 2 is 2.00 bits per heavy atom. The van der Waals surface area contributed by atoms with Gasteiger partial charge < -0.3 is 10.5 Å². The van der Waals surface area contributed by atoms with Crippen LogP contribution in [0.2, 0.25) is 0 Å². The first-order valence-electron chi connectivity index (χ1n) is 6.52. The molecule has 1 aromatic heterocycles. The van der Waals surface area contributed by atoms with Crippen molar-refractivity contribution >= 4 is 5.69 Å². The summed E-state index contributed by atoms with van der Waals surface area (Å²) in [4.78, 5) is 0. The van der Waals surface area contributed by atoms with E-state index >= 15 is 0 Å². The number of anilines is 1. The summed E-state index contributed by atoms with van der Waals surface area (Å²) in [6.07, 6.45) is 0. The minimum absolute atomic E-state index is 0.549. The van der Waals surface area contributed by atoms with Gasteiger partial charge in [-0.15, -0.1) is 5.10 Å². The normalized spacial score (nSPS) is 10.5. The van der Waals surface area contributed by atoms with Crippen molar-refractivity contribution in [3.63, 3.8) is 0 Å². The first-order chi connectivity index (χ1) is 10.3. The maximum atomic E-state index is 5.99. The van der Waals surface area contributed by atoms with Gasteiger partial charge in [-0.3, -0.25) is 0 Å². The van der Waals surface area contributed by atoms with Gasteiger partial charge in [0.15, 0.2) is 5.82 Å². The Morgan fingerprint density at radius 3 is 2.81 bits per heavy atom. The highest BCUT2D eigenvalue weighted by molar-refractivity contribution is 5.71. The molecule has 0 spiro atoms. The lowest BCUT2D eigenvalue weighted by molar-refractivity contribution is 0.414. The number of benzene rings is 2. The molecular weight excluding hydrogens is 266 g/mol. The molecule has 0 atom stereocenters. The molecule has 0 bridgehead atoms. The van der Waals surface area contributed by atoms with E-state index in [2.05, 4.69) is 15.5 Å². The molecule has 0 amide bonds. The maximum absolute atomic E-state index is 5.99. The van der Waals surface area contributed by atoms with Crippen molar-refractivity contribution in [1.82, 2.24) is 20.2 Å². The van der Waals surface area contributed by atoms with Gasteiger partial charge in [-0.05, 0) is 40.3 Å². The molecule has 3 rings (SSSR count). The van der Waals surface area contributed by atoms with Crippen LogP contribution in [-0.4, -0.2) is 27.3 Å². The number of hydrogen-bond acceptors (Lipinski definition) is 5. The molecular formula is C15H15N5O. The predicted molar refractivity (Wildman–Crippen MR) is 79.8 cm³/mol. The molecule has 0 unspecified atom stereocenters. The van der Waals surface area contributed by atoms with Crippen molar-refractivity contribution in [3.8, 4) is 17.1 Å². The van der Waals surface area contributed by atoms with Crippen molar-refractivity contribution in [2.24, 2.45) is 0 Å². The zero-order chi connectivity index (χ0) is 14.7. The van der Waals surface area contributed by atoms with Crippen LogP contribution >= 0.6 is 0 Å². The highest BCUT2D eigenvalue weighted by Gasteiger charge is 2.11. The SMILES string of the molecule is COc1cccc(Cn2nnnc2-c2ccccc2N)c1. The van der Waals surface area contributed by atoms with Gasteiger partial charge in [0, 0.05) is 11.3 Å². The minimum Gasteiger partial charge on any atom is -0.497 e. The van der Waals surface area contributed by atoms with Gasteiger partial charge in [-0.2, -0.15) is 0 Å². The van der Waals surface area contributed by atoms with E-state index in [1.54, 1.807) is 11.8 Å². The third-order valence-electron chi connectivity index (χ3n) is 3.20. The standard InChI is InChI=1S/C15H15N5O/c1-21-12-6-4-5-11(9-12)10-20-15(17-18-19-20)13-7-2-3-8-14(13)16/h2-9H,10,16H2,1H3. The van der Waals surface area contributed by atoms with Crippen molar-refractivity contribution in [2.75, 3.05) is 12.8 Å². The van der Waals surface area contributed by atoms with Crippen LogP contribution in [0, 0.1) is 0 Å². The molecule has 0 fully saturated rings. The molecule has 21 heavy (non-hydrogen) atoms. The summed E-state index contributed by atoms with van der Waals surface area (Å²) in [6, 6.07) is 15.3. The van der Waals surface area contributed by atoms with Crippen molar-refractivity contribution in [1.29, 1.82) is 0 Å². The summed E-state index contributed by atoms with van der Waals surface area (Å²) < 4.78 is 6.95. The number of aromatic nitrogens is 4. The van der Waals surface area contributed by atoms with E-state index in [1.165, 1.54) is 0 Å². The van der Waals surface area contributed by atoms with Crippen molar-refractivity contribution in [2.45, 2.75) is 6.54 Å². The molecule has 0 aliphatic rings. The average molecular weight is 281 g/mol. The van der Waals surface area contributed by atoms with E-state index in [4.69, 9.17) is 10.5 Å². The van der Waals surface area contributed by atoms with E-state index in [9.17, 15) is 0 Å². The molecule has 2 aromatic carbocycles. The number of para-hydroxylation sites is 1. The van der Waals surface area contributed by atoms with Gasteiger partial charge in [0.1, 0.15) is 5.75 Å². The van der Waals surface area contributed by atoms with Gasteiger partial charge in [0.25, 0.3) is 0 Å². The summed E-state index contributed by atoms with van der Waals surface area (Å²) >= 11 is 0. The highest BCUT2D eigenvalue weighted by Crippen LogP contribution is 2.23. The Morgan fingerprint density at radius 1 is 1.14 bits per heavy atom. The van der Waals surface area contributed by atoms with Crippen LogP contribution in [0.5, 0.6) is 5.75 Å². The molecule has 6 nitrogen and oxygen atoms in total. The van der Waals surface area contributed by atoms with E-state index in [0.29, 0.717) is 18.1 Å². The molecule has 3 aromatic rings. The molecule has 106 valence electrons. The molecule has 1 heterocycles. The van der Waals surface area contributed by atoms with Gasteiger partial charge in [0.05, 0.1) is 13.7 Å². The maximum Gasteiger partial charge on any atom is 0.184 e. The Bertz CT molecular complexity index is 753. The lowest BCUT2D eigenvalue weighted by Gasteiger charge is -2.08. The van der Waals surface area contributed by atoms with Crippen LogP contribution in [0.15, 0.2) is 48.5 Å². The van der Waals surface area contributed by atoms with Gasteiger partial charge >= 0.3 is 0 Å². The Kier molecular flexibility index (Phi) is 3.51. The quantitative estimate of drug-likeness (QED) is 0.740. The number of rotatable bonds is 4. The summed E-state index contributed by atoms with van der Waals surface area (Å²) in [5.41, 5.74) is 8.52. The number of methoxy groups -OCH3 is 1. The van der Waals surface area contributed by atoms with Crippen LogP contribution in [0.1, 0.15) is 5.56 Å². The smallest absolute Gasteiger partial charge is 0.184 e. The molecule has 0 saturated carbocycles. The third-order valence-corrected chi connectivity index (χ3v) is 3.20. The molecule has 0 aliphatic heterocycles. The zero-order valence-corrected chi connectivity index (χ0v) is 11.6. The number of hydrogen-bond donors (Lipinski definition) is 1. The van der Waals surface area contributed by atoms with Crippen LogP contribution in [0.25, 0.3) is 11.4 Å². The first-order valence-corrected chi connectivity index (χ1v) is 6.52. The Balaban J connectivity index is 1.94. The van der Waals surface area contributed by atoms with Gasteiger partial charge in [0.2, 0.25) is 0 Å². The number of nitrogens with zero attached hydrogens (tertiary/aromatic N) is 4. The predicted octanol–water partition coefficient (Wildman–Crippen LogP) is 1.98. The Hall–Kier alpha value is -2.89. The second kappa shape index (κ2) is 5.62. The van der Waals surface area contributed by atoms with Gasteiger partial charge in [-0.1, -0.05) is 24.3 Å². The lowest BCUT2D eigenvalue weighted by Crippen LogP contribution is -2.05. The van der Waals surface area contributed by atoms with Crippen LogP contribution in [0.3, 0.4) is 0 Å². The van der Waals surface area contributed by atoms with Crippen LogP contribution in [-0.2, 0) is 6.54 Å². The fraction of sp³-hybridized carbons (Fsp3) is 0.133. The number of tetrazole rings is 1. The fourth-order valence-corrected chi connectivity index (χ4v) is 2.15. The fourth-order valence-electron chi connectivity index (χ4n) is 2.15. The number of ether oxygens (including phenoxy) is 1. The first kappa shape index (κ1) is 13.1. The number of nitrogens with two attached hydrogens (primary N) is 1. The van der Waals surface area contributed by atoms with E-state index in [0.717, 1.165) is 16.9 Å². The zero-order valence-electron chi connectivity index (χ0n) is 11.6. The van der Waals surface area contributed by atoms with Crippen LogP contribution in [0.4, 0.5) is 5.69 Å². The number of nitrogen functional groups attached to an aromatic ring is 1. The molecule has 0 aliphatic carbocycles. The van der Waals surface area contributed by atoms with Crippen molar-refractivity contribution < 1.29 is 4.74 Å². The second-order valence-corrected chi connectivity index (χ2v) is 4.60. The minimum atomic E-state index is 0.549. The topological polar surface area (TPSA) is 78.8 Å². The van der Waals surface area contributed by atoms with E-state index < -0.39 is 0 Å². The molecule has 0 saturated heterocycles. The summed E-state index contributed by atoms with van der Waals surface area (Å²) in [5, 5.41) is 11.9. The van der Waals surface area contributed by atoms with Crippen LogP contribution < -0.4 is 10.5 Å². The molecule has 6 heteroatoms. The average Bonchev–Trinajstić information content (AvgIpc) is 2.96. The van der Waals surface area contributed by atoms with E-state index in [1.807, 2.05) is 48.5 Å². The van der Waals surface area contributed by atoms with Crippen molar-refractivity contribution in [3.05, 3.63) is 54.1 Å². The van der Waals surface area contributed by atoms with Gasteiger partial charge in [-0.25, -0.2) is 4.68 Å².